The predicted molar refractivity (Wildman–Crippen MR) is 242 cm³/mol. The summed E-state index contributed by atoms with van der Waals surface area (Å²) >= 11 is 0. The van der Waals surface area contributed by atoms with E-state index in [1.165, 1.54) is 98.3 Å². The minimum absolute atomic E-state index is 0.288. The van der Waals surface area contributed by atoms with Crippen LogP contribution in [0.5, 0.6) is 0 Å². The molecule has 10 aromatic carbocycles. The number of benzene rings is 10. The zero-order valence-electron chi connectivity index (χ0n) is 31.1. The first-order valence-corrected chi connectivity index (χ1v) is 19.7. The fraction of sp³-hybridized carbons (Fsp3) is 0.0545. The number of fused-ring (bicyclic) bond motifs is 9. The lowest BCUT2D eigenvalue weighted by molar-refractivity contribution is 0.660. The van der Waals surface area contributed by atoms with Gasteiger partial charge in [-0.3, -0.25) is 0 Å². The van der Waals surface area contributed by atoms with Gasteiger partial charge in [0, 0.05) is 23.3 Å². The van der Waals surface area contributed by atoms with E-state index in [1.807, 2.05) is 0 Å². The molecule has 10 aromatic rings. The first-order chi connectivity index (χ1) is 27.8. The zero-order valence-corrected chi connectivity index (χ0v) is 31.1. The third kappa shape index (κ3) is 5.47. The molecule has 11 rings (SSSR count). The second-order valence-electron chi connectivity index (χ2n) is 15.2. The number of rotatable bonds is 6. The Morgan fingerprint density at radius 3 is 1.52 bits per heavy atom. The molecular formula is C55H39N. The van der Waals surface area contributed by atoms with E-state index in [-0.39, 0.29) is 5.92 Å². The van der Waals surface area contributed by atoms with E-state index >= 15 is 0 Å². The van der Waals surface area contributed by atoms with Crippen molar-refractivity contribution in [3.05, 3.63) is 212 Å². The highest BCUT2D eigenvalue weighted by Crippen LogP contribution is 2.42. The fourth-order valence-corrected chi connectivity index (χ4v) is 9.32. The molecule has 1 atom stereocenters. The van der Waals surface area contributed by atoms with Gasteiger partial charge in [-0.2, -0.15) is 0 Å². The van der Waals surface area contributed by atoms with Gasteiger partial charge in [-0.05, 0) is 124 Å². The van der Waals surface area contributed by atoms with E-state index in [1.54, 1.807) is 0 Å². The summed E-state index contributed by atoms with van der Waals surface area (Å²) in [5.74, 6) is 0.288. The van der Waals surface area contributed by atoms with Gasteiger partial charge in [-0.25, -0.2) is 0 Å². The van der Waals surface area contributed by atoms with Crippen molar-refractivity contribution < 1.29 is 0 Å². The number of hydrogen-bond donors (Lipinski definition) is 0. The molecule has 0 saturated heterocycles. The second kappa shape index (κ2) is 13.4. The largest absolute Gasteiger partial charge is 0.340 e. The Balaban J connectivity index is 1.09. The number of allylic oxidation sites excluding steroid dienone is 3. The third-order valence-electron chi connectivity index (χ3n) is 11.9. The molecule has 1 aliphatic carbocycles. The highest BCUT2D eigenvalue weighted by atomic mass is 15.1. The second-order valence-corrected chi connectivity index (χ2v) is 15.2. The summed E-state index contributed by atoms with van der Waals surface area (Å²) in [5.41, 5.74) is 7.51. The predicted octanol–water partition coefficient (Wildman–Crippen LogP) is 15.1. The van der Waals surface area contributed by atoms with Crippen molar-refractivity contribution in [2.24, 2.45) is 5.92 Å². The van der Waals surface area contributed by atoms with Crippen LogP contribution in [0.25, 0.3) is 81.3 Å². The van der Waals surface area contributed by atoms with E-state index in [0.717, 1.165) is 13.0 Å². The van der Waals surface area contributed by atoms with Crippen LogP contribution in [-0.4, -0.2) is 6.54 Å². The Kier molecular flexibility index (Phi) is 7.77. The number of hydrogen-bond acceptors (Lipinski definition) is 1. The van der Waals surface area contributed by atoms with Crippen LogP contribution in [-0.2, 0) is 0 Å². The lowest BCUT2D eigenvalue weighted by atomic mass is 9.87. The molecule has 1 heteroatoms. The van der Waals surface area contributed by atoms with Crippen molar-refractivity contribution in [3.8, 4) is 11.1 Å². The molecule has 0 amide bonds. The summed E-state index contributed by atoms with van der Waals surface area (Å²) in [6.07, 6.45) is 8.24. The Morgan fingerprint density at radius 2 is 0.893 bits per heavy atom. The Labute approximate surface area is 327 Å². The molecule has 1 unspecified atom stereocenters. The molecule has 0 aliphatic heterocycles. The van der Waals surface area contributed by atoms with Crippen molar-refractivity contribution in [3.63, 3.8) is 0 Å². The van der Waals surface area contributed by atoms with Crippen LogP contribution in [0.2, 0.25) is 0 Å². The van der Waals surface area contributed by atoms with Crippen molar-refractivity contribution in [2.45, 2.75) is 6.42 Å². The molecule has 1 aliphatic rings. The minimum atomic E-state index is 0.288. The minimum Gasteiger partial charge on any atom is -0.340 e. The van der Waals surface area contributed by atoms with Gasteiger partial charge in [0.15, 0.2) is 0 Å². The molecule has 0 saturated carbocycles. The summed E-state index contributed by atoms with van der Waals surface area (Å²) in [4.78, 5) is 2.60. The summed E-state index contributed by atoms with van der Waals surface area (Å²) in [6.45, 7) is 0.837. The van der Waals surface area contributed by atoms with Gasteiger partial charge in [0.25, 0.3) is 0 Å². The Morgan fingerprint density at radius 1 is 0.411 bits per heavy atom. The van der Waals surface area contributed by atoms with Crippen molar-refractivity contribution >= 4 is 81.6 Å². The van der Waals surface area contributed by atoms with Crippen LogP contribution in [0.15, 0.2) is 206 Å². The monoisotopic (exact) mass is 713 g/mol. The molecule has 0 spiro atoms. The molecule has 0 fully saturated rings. The SMILES string of the molecule is C1=CC(c2cc3ccccc3c3ccccc23)=CC(CN(c2cccc(-c3cc4ccccc4c4ccccc34)c2)c2cc3ccccc3c3ccccc23)C1. The van der Waals surface area contributed by atoms with E-state index in [2.05, 4.69) is 211 Å². The molecule has 1 nitrogen and oxygen atoms in total. The smallest absolute Gasteiger partial charge is 0.0497 e. The molecule has 264 valence electrons. The molecule has 0 radical (unpaired) electrons. The van der Waals surface area contributed by atoms with Crippen LogP contribution in [0.3, 0.4) is 0 Å². The van der Waals surface area contributed by atoms with Gasteiger partial charge >= 0.3 is 0 Å². The van der Waals surface area contributed by atoms with Gasteiger partial charge in [-0.1, -0.05) is 176 Å². The number of nitrogens with zero attached hydrogens (tertiary/aromatic N) is 1. The van der Waals surface area contributed by atoms with Crippen LogP contribution < -0.4 is 4.90 Å². The van der Waals surface area contributed by atoms with E-state index in [9.17, 15) is 0 Å². The average Bonchev–Trinajstić information content (AvgIpc) is 3.27. The maximum absolute atomic E-state index is 2.60. The molecule has 0 heterocycles. The quantitative estimate of drug-likeness (QED) is 0.155. The lowest BCUT2D eigenvalue weighted by Gasteiger charge is -2.31. The van der Waals surface area contributed by atoms with Gasteiger partial charge in [0.05, 0.1) is 0 Å². The summed E-state index contributed by atoms with van der Waals surface area (Å²) < 4.78 is 0. The normalized spacial score (nSPS) is 14.3. The van der Waals surface area contributed by atoms with Crippen LogP contribution in [0.1, 0.15) is 12.0 Å². The first-order valence-electron chi connectivity index (χ1n) is 19.7. The molecular weight excluding hydrogens is 675 g/mol. The van der Waals surface area contributed by atoms with Crippen molar-refractivity contribution in [1.29, 1.82) is 0 Å². The van der Waals surface area contributed by atoms with Crippen LogP contribution in [0, 0.1) is 5.92 Å². The molecule has 0 N–H and O–H groups in total. The first kappa shape index (κ1) is 32.5. The summed E-state index contributed by atoms with van der Waals surface area (Å²) in [7, 11) is 0. The van der Waals surface area contributed by atoms with Crippen molar-refractivity contribution in [1.82, 2.24) is 0 Å². The highest BCUT2D eigenvalue weighted by molar-refractivity contribution is 6.16. The maximum Gasteiger partial charge on any atom is 0.0497 e. The van der Waals surface area contributed by atoms with E-state index in [0.29, 0.717) is 0 Å². The topological polar surface area (TPSA) is 3.24 Å². The molecule has 0 aromatic heterocycles. The summed E-state index contributed by atoms with van der Waals surface area (Å²) in [5, 5.41) is 15.4. The van der Waals surface area contributed by atoms with Gasteiger partial charge in [-0.15, -0.1) is 0 Å². The fourth-order valence-electron chi connectivity index (χ4n) is 9.32. The standard InChI is InChI=1S/C55H39N/c1-4-22-44-40(16-1)33-53(50-28-9-7-25-47(44)50)38-19-13-15-37(31-38)36-56(55-35-42-18-3-6-24-46(42)49-27-11-12-30-52(49)55)43-21-14-20-39(32-43)54-34-41-17-2-5-23-45(41)48-26-8-10-29-51(48)54/h1-14,16-35,37H,15,36H2. The van der Waals surface area contributed by atoms with E-state index < -0.39 is 0 Å². The highest BCUT2D eigenvalue weighted by Gasteiger charge is 2.22. The molecule has 0 bridgehead atoms. The van der Waals surface area contributed by atoms with Gasteiger partial charge < -0.3 is 4.90 Å². The van der Waals surface area contributed by atoms with Crippen LogP contribution in [0.4, 0.5) is 11.4 Å². The van der Waals surface area contributed by atoms with Crippen molar-refractivity contribution in [2.75, 3.05) is 11.4 Å². The zero-order chi connectivity index (χ0) is 37.0. The van der Waals surface area contributed by atoms with E-state index in [4.69, 9.17) is 0 Å². The Hall–Kier alpha value is -6.96. The van der Waals surface area contributed by atoms with Gasteiger partial charge in [0.1, 0.15) is 0 Å². The number of anilines is 2. The Bertz CT molecular complexity index is 3220. The third-order valence-corrected chi connectivity index (χ3v) is 11.9. The summed E-state index contributed by atoms with van der Waals surface area (Å²) in [6, 6.07) is 69.5. The van der Waals surface area contributed by atoms with Gasteiger partial charge in [0.2, 0.25) is 0 Å². The molecule has 56 heavy (non-hydrogen) atoms. The maximum atomic E-state index is 2.60. The average molecular weight is 714 g/mol. The lowest BCUT2D eigenvalue weighted by Crippen LogP contribution is -2.25. The van der Waals surface area contributed by atoms with Crippen LogP contribution >= 0.6 is 0 Å².